The lowest BCUT2D eigenvalue weighted by molar-refractivity contribution is 0.102. The summed E-state index contributed by atoms with van der Waals surface area (Å²) in [5, 5.41) is 6.67. The van der Waals surface area contributed by atoms with Crippen molar-refractivity contribution in [3.63, 3.8) is 0 Å². The Bertz CT molecular complexity index is 770. The van der Waals surface area contributed by atoms with Gasteiger partial charge in [-0.05, 0) is 43.9 Å². The maximum Gasteiger partial charge on any atom is 0.257 e. The van der Waals surface area contributed by atoms with E-state index in [1.54, 1.807) is 31.4 Å². The predicted octanol–water partition coefficient (Wildman–Crippen LogP) is 4.55. The molecular formula is C20H26N2O4. The van der Waals surface area contributed by atoms with Gasteiger partial charge in [-0.15, -0.1) is 0 Å². The van der Waals surface area contributed by atoms with Crippen molar-refractivity contribution in [2.75, 3.05) is 12.4 Å². The summed E-state index contributed by atoms with van der Waals surface area (Å²) in [6.07, 6.45) is 4.75. The molecule has 0 unspecified atom stereocenters. The Morgan fingerprint density at radius 3 is 2.54 bits per heavy atom. The third-order valence-corrected chi connectivity index (χ3v) is 4.51. The van der Waals surface area contributed by atoms with Gasteiger partial charge in [-0.1, -0.05) is 25.9 Å². The van der Waals surface area contributed by atoms with Gasteiger partial charge in [-0.3, -0.25) is 4.79 Å². The number of methoxy groups -OCH3 is 1. The van der Waals surface area contributed by atoms with Crippen molar-refractivity contribution < 1.29 is 18.8 Å². The van der Waals surface area contributed by atoms with E-state index < -0.39 is 0 Å². The summed E-state index contributed by atoms with van der Waals surface area (Å²) in [5.41, 5.74) is 0.305. The van der Waals surface area contributed by atoms with Crippen LogP contribution < -0.4 is 14.8 Å². The zero-order chi connectivity index (χ0) is 18.7. The van der Waals surface area contributed by atoms with Gasteiger partial charge in [0.2, 0.25) is 0 Å². The van der Waals surface area contributed by atoms with Crippen LogP contribution in [0.4, 0.5) is 5.82 Å². The van der Waals surface area contributed by atoms with E-state index in [2.05, 4.69) is 10.5 Å². The first-order valence-electron chi connectivity index (χ1n) is 9.00. The maximum atomic E-state index is 12.5. The zero-order valence-corrected chi connectivity index (χ0v) is 15.8. The fraction of sp³-hybridized carbons (Fsp3) is 0.500. The quantitative estimate of drug-likeness (QED) is 0.848. The van der Waals surface area contributed by atoms with Crippen LogP contribution in [-0.2, 0) is 5.41 Å². The molecular weight excluding hydrogens is 332 g/mol. The lowest BCUT2D eigenvalue weighted by Crippen LogP contribution is -2.14. The Balaban J connectivity index is 1.71. The SMILES string of the molecule is COc1cc(C(=O)Nc2cc(C(C)(C)C)on2)ccc1OC1CCCC1. The van der Waals surface area contributed by atoms with Crippen LogP contribution in [0.1, 0.15) is 62.6 Å². The Morgan fingerprint density at radius 2 is 1.92 bits per heavy atom. The Hall–Kier alpha value is -2.50. The number of carbonyl (C=O) groups excluding carboxylic acids is 1. The summed E-state index contributed by atoms with van der Waals surface area (Å²) >= 11 is 0. The molecule has 0 atom stereocenters. The minimum Gasteiger partial charge on any atom is -0.493 e. The molecule has 1 aliphatic rings. The maximum absolute atomic E-state index is 12.5. The smallest absolute Gasteiger partial charge is 0.257 e. The summed E-state index contributed by atoms with van der Waals surface area (Å²) in [4.78, 5) is 12.5. The Kier molecular flexibility index (Phi) is 5.20. The molecule has 1 fully saturated rings. The van der Waals surface area contributed by atoms with E-state index in [0.717, 1.165) is 12.8 Å². The van der Waals surface area contributed by atoms with Gasteiger partial charge in [0.15, 0.2) is 17.3 Å². The lowest BCUT2D eigenvalue weighted by atomic mass is 9.93. The van der Waals surface area contributed by atoms with Crippen LogP contribution >= 0.6 is 0 Å². The van der Waals surface area contributed by atoms with E-state index in [1.165, 1.54) is 12.8 Å². The van der Waals surface area contributed by atoms with Crippen molar-refractivity contribution in [3.8, 4) is 11.5 Å². The van der Waals surface area contributed by atoms with Gasteiger partial charge in [-0.25, -0.2) is 0 Å². The highest BCUT2D eigenvalue weighted by Crippen LogP contribution is 2.32. The van der Waals surface area contributed by atoms with Crippen LogP contribution in [0, 0.1) is 0 Å². The van der Waals surface area contributed by atoms with Gasteiger partial charge in [0, 0.05) is 17.0 Å². The molecule has 2 aromatic rings. The monoisotopic (exact) mass is 358 g/mol. The molecule has 0 saturated heterocycles. The summed E-state index contributed by atoms with van der Waals surface area (Å²) in [6.45, 7) is 6.06. The second-order valence-electron chi connectivity index (χ2n) is 7.67. The third-order valence-electron chi connectivity index (χ3n) is 4.51. The van der Waals surface area contributed by atoms with Gasteiger partial charge >= 0.3 is 0 Å². The first-order chi connectivity index (χ1) is 12.4. The summed E-state index contributed by atoms with van der Waals surface area (Å²) in [6, 6.07) is 6.94. The highest BCUT2D eigenvalue weighted by atomic mass is 16.5. The predicted molar refractivity (Wildman–Crippen MR) is 99.0 cm³/mol. The van der Waals surface area contributed by atoms with Crippen molar-refractivity contribution in [1.82, 2.24) is 5.16 Å². The van der Waals surface area contributed by atoms with Crippen LogP contribution in [0.25, 0.3) is 0 Å². The molecule has 1 aromatic heterocycles. The molecule has 0 radical (unpaired) electrons. The van der Waals surface area contributed by atoms with Crippen molar-refractivity contribution in [2.24, 2.45) is 0 Å². The fourth-order valence-electron chi connectivity index (χ4n) is 2.97. The Labute approximate surface area is 153 Å². The second kappa shape index (κ2) is 7.40. The van der Waals surface area contributed by atoms with E-state index in [0.29, 0.717) is 28.6 Å². The molecule has 1 heterocycles. The van der Waals surface area contributed by atoms with Crippen molar-refractivity contribution in [2.45, 2.75) is 58.0 Å². The molecule has 1 amide bonds. The topological polar surface area (TPSA) is 73.6 Å². The molecule has 1 N–H and O–H groups in total. The first kappa shape index (κ1) is 18.3. The molecule has 1 aromatic carbocycles. The van der Waals surface area contributed by atoms with Gasteiger partial charge in [-0.2, -0.15) is 0 Å². The number of ether oxygens (including phenoxy) is 2. The molecule has 0 bridgehead atoms. The largest absolute Gasteiger partial charge is 0.493 e. The minimum atomic E-state index is -0.274. The molecule has 6 heteroatoms. The number of benzene rings is 1. The van der Waals surface area contributed by atoms with Crippen LogP contribution in [0.2, 0.25) is 0 Å². The number of amides is 1. The number of nitrogens with zero attached hydrogens (tertiary/aromatic N) is 1. The first-order valence-corrected chi connectivity index (χ1v) is 9.00. The highest BCUT2D eigenvalue weighted by molar-refractivity contribution is 6.04. The molecule has 0 aliphatic heterocycles. The number of anilines is 1. The molecule has 1 saturated carbocycles. The van der Waals surface area contributed by atoms with E-state index >= 15 is 0 Å². The molecule has 0 spiro atoms. The van der Waals surface area contributed by atoms with Crippen LogP contribution in [0.3, 0.4) is 0 Å². The number of rotatable bonds is 5. The standard InChI is InChI=1S/C20H26N2O4/c1-20(2,3)17-12-18(22-26-17)21-19(23)13-9-10-15(16(11-13)24-4)25-14-7-5-6-8-14/h9-12,14H,5-8H2,1-4H3,(H,21,22,23). The van der Waals surface area contributed by atoms with E-state index in [4.69, 9.17) is 14.0 Å². The number of carbonyl (C=O) groups is 1. The van der Waals surface area contributed by atoms with Crippen LogP contribution in [0.5, 0.6) is 11.5 Å². The molecule has 26 heavy (non-hydrogen) atoms. The van der Waals surface area contributed by atoms with Gasteiger partial charge < -0.3 is 19.3 Å². The Morgan fingerprint density at radius 1 is 1.19 bits per heavy atom. The van der Waals surface area contributed by atoms with Gasteiger partial charge in [0.25, 0.3) is 5.91 Å². The average Bonchev–Trinajstić information content (AvgIpc) is 3.26. The van der Waals surface area contributed by atoms with Crippen molar-refractivity contribution >= 4 is 11.7 Å². The van der Waals surface area contributed by atoms with Crippen molar-refractivity contribution in [3.05, 3.63) is 35.6 Å². The zero-order valence-electron chi connectivity index (χ0n) is 15.8. The van der Waals surface area contributed by atoms with Gasteiger partial charge in [0.05, 0.1) is 13.2 Å². The van der Waals surface area contributed by atoms with Crippen molar-refractivity contribution in [1.29, 1.82) is 0 Å². The fourth-order valence-corrected chi connectivity index (χ4v) is 2.97. The summed E-state index contributed by atoms with van der Waals surface area (Å²) in [7, 11) is 1.58. The summed E-state index contributed by atoms with van der Waals surface area (Å²) in [5.74, 6) is 2.06. The normalized spacial score (nSPS) is 15.1. The summed E-state index contributed by atoms with van der Waals surface area (Å²) < 4.78 is 16.7. The van der Waals surface area contributed by atoms with Crippen LogP contribution in [0.15, 0.2) is 28.8 Å². The van der Waals surface area contributed by atoms with E-state index in [1.807, 2.05) is 20.8 Å². The number of hydrogen-bond donors (Lipinski definition) is 1. The molecule has 6 nitrogen and oxygen atoms in total. The third kappa shape index (κ3) is 4.18. The molecule has 140 valence electrons. The average molecular weight is 358 g/mol. The van der Waals surface area contributed by atoms with E-state index in [-0.39, 0.29) is 17.4 Å². The highest BCUT2D eigenvalue weighted by Gasteiger charge is 2.22. The van der Waals surface area contributed by atoms with Gasteiger partial charge in [0.1, 0.15) is 5.76 Å². The lowest BCUT2D eigenvalue weighted by Gasteiger charge is -2.16. The van der Waals surface area contributed by atoms with Crippen LogP contribution in [-0.4, -0.2) is 24.3 Å². The number of hydrogen-bond acceptors (Lipinski definition) is 5. The molecule has 3 rings (SSSR count). The van der Waals surface area contributed by atoms with E-state index in [9.17, 15) is 4.79 Å². The second-order valence-corrected chi connectivity index (χ2v) is 7.67. The number of aromatic nitrogens is 1. The molecule has 1 aliphatic carbocycles. The minimum absolute atomic E-state index is 0.168. The number of nitrogens with one attached hydrogen (secondary N) is 1.